The first kappa shape index (κ1) is 14.5. The van der Waals surface area contributed by atoms with Gasteiger partial charge in [0.15, 0.2) is 0 Å². The smallest absolute Gasteiger partial charge is 0.307 e. The van der Waals surface area contributed by atoms with Gasteiger partial charge in [0.2, 0.25) is 0 Å². The van der Waals surface area contributed by atoms with Crippen LogP contribution in [0.5, 0.6) is 0 Å². The maximum Gasteiger partial charge on any atom is 0.416 e. The second-order valence-corrected chi connectivity index (χ2v) is 6.46. The van der Waals surface area contributed by atoms with Crippen molar-refractivity contribution in [3.63, 3.8) is 0 Å². The lowest BCUT2D eigenvalue weighted by Gasteiger charge is -2.20. The molecule has 3 unspecified atom stereocenters. The lowest BCUT2D eigenvalue weighted by atomic mass is 10.0. The van der Waals surface area contributed by atoms with Gasteiger partial charge in [-0.05, 0) is 31.0 Å². The van der Waals surface area contributed by atoms with Gasteiger partial charge in [-0.1, -0.05) is 12.1 Å². The Kier molecular flexibility index (Phi) is 4.30. The van der Waals surface area contributed by atoms with Crippen LogP contribution in [-0.4, -0.2) is 21.8 Å². The monoisotopic (exact) mass is 291 g/mol. The van der Waals surface area contributed by atoms with Crippen molar-refractivity contribution in [1.29, 1.82) is 0 Å². The molecule has 2 nitrogen and oxygen atoms in total. The molecular weight excluding hydrogens is 275 g/mol. The van der Waals surface area contributed by atoms with Crippen molar-refractivity contribution in [2.45, 2.75) is 31.6 Å². The predicted molar refractivity (Wildman–Crippen MR) is 69.3 cm³/mol. The quantitative estimate of drug-likeness (QED) is 0.862. The van der Waals surface area contributed by atoms with Gasteiger partial charge >= 0.3 is 6.18 Å². The highest BCUT2D eigenvalue weighted by Crippen LogP contribution is 2.30. The van der Waals surface area contributed by atoms with Gasteiger partial charge in [0.1, 0.15) is 0 Å². The van der Waals surface area contributed by atoms with Crippen LogP contribution in [0.2, 0.25) is 0 Å². The van der Waals surface area contributed by atoms with Crippen LogP contribution in [0.15, 0.2) is 24.3 Å². The summed E-state index contributed by atoms with van der Waals surface area (Å²) < 4.78 is 49.2. The van der Waals surface area contributed by atoms with Gasteiger partial charge in [-0.15, -0.1) is 0 Å². The Morgan fingerprint density at radius 3 is 2.47 bits per heavy atom. The number of alkyl halides is 3. The van der Waals surface area contributed by atoms with Gasteiger partial charge in [-0.2, -0.15) is 13.2 Å². The van der Waals surface area contributed by atoms with Gasteiger partial charge in [-0.3, -0.25) is 4.21 Å². The summed E-state index contributed by atoms with van der Waals surface area (Å²) in [6.45, 7) is 2.00. The summed E-state index contributed by atoms with van der Waals surface area (Å²) in [6.07, 6.45) is -3.49. The number of hydrogen-bond donors (Lipinski definition) is 1. The first-order chi connectivity index (χ1) is 8.86. The summed E-state index contributed by atoms with van der Waals surface area (Å²) >= 11 is 0. The van der Waals surface area contributed by atoms with Crippen LogP contribution in [0.3, 0.4) is 0 Å². The van der Waals surface area contributed by atoms with E-state index in [1.807, 2.05) is 6.92 Å². The molecule has 1 saturated heterocycles. The molecule has 0 amide bonds. The van der Waals surface area contributed by atoms with Crippen molar-refractivity contribution >= 4 is 10.8 Å². The van der Waals surface area contributed by atoms with E-state index in [-0.39, 0.29) is 12.1 Å². The van der Waals surface area contributed by atoms with Crippen LogP contribution in [0.4, 0.5) is 13.2 Å². The van der Waals surface area contributed by atoms with Gasteiger partial charge in [0, 0.05) is 34.4 Å². The third kappa shape index (κ3) is 3.79. The fourth-order valence-electron chi connectivity index (χ4n) is 2.15. The van der Waals surface area contributed by atoms with Crippen molar-refractivity contribution < 1.29 is 17.4 Å². The molecule has 1 aromatic rings. The zero-order valence-electron chi connectivity index (χ0n) is 10.5. The molecule has 6 heteroatoms. The fourth-order valence-corrected chi connectivity index (χ4v) is 3.59. The molecule has 2 rings (SSSR count). The van der Waals surface area contributed by atoms with E-state index in [0.29, 0.717) is 11.5 Å². The molecule has 0 bridgehead atoms. The molecule has 1 aliphatic heterocycles. The highest BCUT2D eigenvalue weighted by Gasteiger charge is 2.30. The van der Waals surface area contributed by atoms with E-state index in [9.17, 15) is 17.4 Å². The lowest BCUT2D eigenvalue weighted by molar-refractivity contribution is -0.137. The van der Waals surface area contributed by atoms with E-state index in [4.69, 9.17) is 0 Å². The van der Waals surface area contributed by atoms with E-state index >= 15 is 0 Å². The van der Waals surface area contributed by atoms with E-state index in [0.717, 1.165) is 24.1 Å². The van der Waals surface area contributed by atoms with Crippen molar-refractivity contribution in [1.82, 2.24) is 5.32 Å². The average molecular weight is 291 g/mol. The first-order valence-corrected chi connectivity index (χ1v) is 7.63. The maximum absolute atomic E-state index is 12.5. The normalized spacial score (nSPS) is 28.9. The minimum Gasteiger partial charge on any atom is -0.307 e. The SMILES string of the molecule is CC1CCS(=O)CC(c2ccc(C(F)(F)F)cc2)N1. The zero-order valence-corrected chi connectivity index (χ0v) is 11.4. The van der Waals surface area contributed by atoms with Crippen molar-refractivity contribution in [2.24, 2.45) is 0 Å². The molecule has 0 radical (unpaired) electrons. The van der Waals surface area contributed by atoms with Crippen molar-refractivity contribution in [3.8, 4) is 0 Å². The van der Waals surface area contributed by atoms with Gasteiger partial charge in [-0.25, -0.2) is 0 Å². The summed E-state index contributed by atoms with van der Waals surface area (Å²) in [6, 6.07) is 5.18. The average Bonchev–Trinajstić information content (AvgIpc) is 2.50. The Morgan fingerprint density at radius 2 is 1.89 bits per heavy atom. The molecular formula is C13H16F3NOS. The number of halogens is 3. The Bertz CT molecular complexity index is 458. The molecule has 0 saturated carbocycles. The van der Waals surface area contributed by atoms with Crippen LogP contribution < -0.4 is 5.32 Å². The molecule has 1 aromatic carbocycles. The maximum atomic E-state index is 12.5. The van der Waals surface area contributed by atoms with Crippen LogP contribution >= 0.6 is 0 Å². The fraction of sp³-hybridized carbons (Fsp3) is 0.538. The molecule has 3 atom stereocenters. The van der Waals surface area contributed by atoms with Gasteiger partial charge in [0.25, 0.3) is 0 Å². The summed E-state index contributed by atoms with van der Waals surface area (Å²) in [5.41, 5.74) is 0.106. The largest absolute Gasteiger partial charge is 0.416 e. The Balaban J connectivity index is 2.19. The molecule has 0 aromatic heterocycles. The minimum absolute atomic E-state index is 0.138. The standard InChI is InChI=1S/C13H16F3NOS/c1-9-6-7-19(18)8-12(17-9)10-2-4-11(5-3-10)13(14,15)16/h2-5,9,12,17H,6-8H2,1H3. The molecule has 106 valence electrons. The Morgan fingerprint density at radius 1 is 1.26 bits per heavy atom. The van der Waals surface area contributed by atoms with Crippen molar-refractivity contribution in [2.75, 3.05) is 11.5 Å². The first-order valence-electron chi connectivity index (χ1n) is 6.14. The van der Waals surface area contributed by atoms with Crippen molar-refractivity contribution in [3.05, 3.63) is 35.4 Å². The topological polar surface area (TPSA) is 29.1 Å². The molecule has 1 aliphatic rings. The summed E-state index contributed by atoms with van der Waals surface area (Å²) in [7, 11) is -0.916. The highest BCUT2D eigenvalue weighted by molar-refractivity contribution is 7.85. The van der Waals surface area contributed by atoms with E-state index < -0.39 is 22.5 Å². The molecule has 1 heterocycles. The van der Waals surface area contributed by atoms with Crippen LogP contribution in [0.25, 0.3) is 0 Å². The number of benzene rings is 1. The third-order valence-corrected chi connectivity index (χ3v) is 4.65. The highest BCUT2D eigenvalue weighted by atomic mass is 32.2. The second-order valence-electron chi connectivity index (χ2n) is 4.84. The molecule has 0 aliphatic carbocycles. The van der Waals surface area contributed by atoms with Crippen LogP contribution in [-0.2, 0) is 17.0 Å². The summed E-state index contributed by atoms with van der Waals surface area (Å²) in [4.78, 5) is 0. The Hall–Kier alpha value is -0.880. The molecule has 0 spiro atoms. The number of nitrogens with one attached hydrogen (secondary N) is 1. The number of hydrogen-bond acceptors (Lipinski definition) is 2. The third-order valence-electron chi connectivity index (χ3n) is 3.26. The minimum atomic E-state index is -4.31. The predicted octanol–water partition coefficient (Wildman–Crippen LogP) is 2.88. The molecule has 1 N–H and O–H groups in total. The Labute approximate surface area is 112 Å². The van der Waals surface area contributed by atoms with Crippen LogP contribution in [0.1, 0.15) is 30.5 Å². The second kappa shape index (κ2) is 5.63. The number of rotatable bonds is 1. The van der Waals surface area contributed by atoms with E-state index in [2.05, 4.69) is 5.32 Å². The van der Waals surface area contributed by atoms with Gasteiger partial charge in [0.05, 0.1) is 5.56 Å². The molecule has 1 fully saturated rings. The van der Waals surface area contributed by atoms with Gasteiger partial charge < -0.3 is 5.32 Å². The van der Waals surface area contributed by atoms with Crippen LogP contribution in [0, 0.1) is 0 Å². The van der Waals surface area contributed by atoms with E-state index in [1.165, 1.54) is 12.1 Å². The van der Waals surface area contributed by atoms with E-state index in [1.54, 1.807) is 0 Å². The summed E-state index contributed by atoms with van der Waals surface area (Å²) in [5, 5.41) is 3.31. The summed E-state index contributed by atoms with van der Waals surface area (Å²) in [5.74, 6) is 1.10. The lowest BCUT2D eigenvalue weighted by Crippen LogP contribution is -2.30. The zero-order chi connectivity index (χ0) is 14.0. The molecule has 19 heavy (non-hydrogen) atoms.